The number of ether oxygens (including phenoxy) is 3. The first-order valence-corrected chi connectivity index (χ1v) is 9.96. The van der Waals surface area contributed by atoms with Crippen LogP contribution in [-0.2, 0) is 17.8 Å². The van der Waals surface area contributed by atoms with Gasteiger partial charge in [-0.1, -0.05) is 34.1 Å². The quantitative estimate of drug-likeness (QED) is 0.626. The first-order valence-electron chi connectivity index (χ1n) is 9.96. The molecule has 0 saturated heterocycles. The molecule has 1 aromatic carbocycles. The molecular weight excluding hydrogens is 356 g/mol. The Morgan fingerprint density at radius 2 is 1.82 bits per heavy atom. The van der Waals surface area contributed by atoms with Gasteiger partial charge in [0.25, 0.3) is 5.56 Å². The first kappa shape index (κ1) is 22.2. The standard InChI is InChI=1S/C22H34N2O4/c1-6-7-10-28-20-18-13-16(27-12-11-26-5)8-9-17(18)21(25)24(19(20)14-23)15-22(2,3)4/h8-9,13H,6-7,10-12,14-15,23H2,1-5H3. The van der Waals surface area contributed by atoms with Crippen LogP contribution < -0.4 is 20.8 Å². The van der Waals surface area contributed by atoms with Crippen molar-refractivity contribution in [3.05, 3.63) is 34.2 Å². The van der Waals surface area contributed by atoms with Crippen molar-refractivity contribution in [1.29, 1.82) is 0 Å². The summed E-state index contributed by atoms with van der Waals surface area (Å²) in [6.45, 7) is 10.8. The van der Waals surface area contributed by atoms with E-state index >= 15 is 0 Å². The van der Waals surface area contributed by atoms with E-state index < -0.39 is 0 Å². The van der Waals surface area contributed by atoms with Gasteiger partial charge in [-0.05, 0) is 30.0 Å². The third-order valence-electron chi connectivity index (χ3n) is 4.43. The molecule has 0 aliphatic rings. The van der Waals surface area contributed by atoms with Crippen LogP contribution in [0.4, 0.5) is 0 Å². The fourth-order valence-electron chi connectivity index (χ4n) is 3.10. The SMILES string of the molecule is CCCCOc1c(CN)n(CC(C)(C)C)c(=O)c2ccc(OCCOC)cc12. The van der Waals surface area contributed by atoms with Gasteiger partial charge in [-0.25, -0.2) is 0 Å². The minimum absolute atomic E-state index is 0.0448. The van der Waals surface area contributed by atoms with Crippen molar-refractivity contribution >= 4 is 10.8 Å². The molecule has 2 N–H and O–H groups in total. The molecule has 0 saturated carbocycles. The molecule has 2 rings (SSSR count). The van der Waals surface area contributed by atoms with Crippen molar-refractivity contribution in [2.45, 2.75) is 53.6 Å². The summed E-state index contributed by atoms with van der Waals surface area (Å²) in [5.74, 6) is 1.37. The highest BCUT2D eigenvalue weighted by molar-refractivity contribution is 5.89. The van der Waals surface area contributed by atoms with Crippen LogP contribution >= 0.6 is 0 Å². The number of nitrogens with two attached hydrogens (primary N) is 1. The second-order valence-corrected chi connectivity index (χ2v) is 8.18. The zero-order chi connectivity index (χ0) is 20.7. The fourth-order valence-corrected chi connectivity index (χ4v) is 3.10. The maximum Gasteiger partial charge on any atom is 0.258 e. The van der Waals surface area contributed by atoms with Crippen LogP contribution in [0.5, 0.6) is 11.5 Å². The van der Waals surface area contributed by atoms with Crippen molar-refractivity contribution in [1.82, 2.24) is 4.57 Å². The normalized spacial score (nSPS) is 11.8. The Bertz CT molecular complexity index is 837. The third-order valence-corrected chi connectivity index (χ3v) is 4.43. The summed E-state index contributed by atoms with van der Waals surface area (Å²) in [5.41, 5.74) is 6.71. The summed E-state index contributed by atoms with van der Waals surface area (Å²) >= 11 is 0. The molecule has 6 nitrogen and oxygen atoms in total. The van der Waals surface area contributed by atoms with Gasteiger partial charge < -0.3 is 24.5 Å². The van der Waals surface area contributed by atoms with Crippen molar-refractivity contribution < 1.29 is 14.2 Å². The molecule has 1 heterocycles. The van der Waals surface area contributed by atoms with Crippen molar-refractivity contribution in [3.63, 3.8) is 0 Å². The van der Waals surface area contributed by atoms with E-state index in [9.17, 15) is 4.79 Å². The Morgan fingerprint density at radius 1 is 1.07 bits per heavy atom. The van der Waals surface area contributed by atoms with Gasteiger partial charge in [0.05, 0.1) is 24.3 Å². The molecule has 0 spiro atoms. The summed E-state index contributed by atoms with van der Waals surface area (Å²) in [5, 5.41) is 1.37. The molecule has 156 valence electrons. The Kier molecular flexibility index (Phi) is 7.89. The van der Waals surface area contributed by atoms with E-state index in [1.54, 1.807) is 11.7 Å². The molecule has 1 aromatic heterocycles. The summed E-state index contributed by atoms with van der Waals surface area (Å²) in [6, 6.07) is 5.50. The van der Waals surface area contributed by atoms with Gasteiger partial charge in [0.2, 0.25) is 0 Å². The molecule has 0 aliphatic heterocycles. The van der Waals surface area contributed by atoms with Gasteiger partial charge in [0.1, 0.15) is 18.1 Å². The minimum Gasteiger partial charge on any atom is -0.491 e. The smallest absolute Gasteiger partial charge is 0.258 e. The Balaban J connectivity index is 2.63. The van der Waals surface area contributed by atoms with Crippen molar-refractivity contribution in [2.24, 2.45) is 11.1 Å². The van der Waals surface area contributed by atoms with Crippen LogP contribution in [0.25, 0.3) is 10.8 Å². The number of fused-ring (bicyclic) bond motifs is 1. The van der Waals surface area contributed by atoms with Crippen LogP contribution in [-0.4, -0.2) is 31.5 Å². The maximum absolute atomic E-state index is 13.2. The summed E-state index contributed by atoms with van der Waals surface area (Å²) in [6.07, 6.45) is 1.97. The van der Waals surface area contributed by atoms with Gasteiger partial charge in [-0.15, -0.1) is 0 Å². The lowest BCUT2D eigenvalue weighted by Gasteiger charge is -2.25. The number of methoxy groups -OCH3 is 1. The highest BCUT2D eigenvalue weighted by Gasteiger charge is 2.21. The van der Waals surface area contributed by atoms with E-state index in [-0.39, 0.29) is 17.5 Å². The number of hydrogen-bond donors (Lipinski definition) is 1. The zero-order valence-electron chi connectivity index (χ0n) is 17.8. The largest absolute Gasteiger partial charge is 0.491 e. The molecule has 28 heavy (non-hydrogen) atoms. The van der Waals surface area contributed by atoms with Crippen LogP contribution in [0.2, 0.25) is 0 Å². The van der Waals surface area contributed by atoms with E-state index in [0.717, 1.165) is 23.9 Å². The lowest BCUT2D eigenvalue weighted by atomic mass is 9.96. The summed E-state index contributed by atoms with van der Waals surface area (Å²) < 4.78 is 18.7. The monoisotopic (exact) mass is 390 g/mol. The summed E-state index contributed by atoms with van der Waals surface area (Å²) in [7, 11) is 1.63. The van der Waals surface area contributed by atoms with E-state index in [4.69, 9.17) is 19.9 Å². The van der Waals surface area contributed by atoms with Gasteiger partial charge in [0.15, 0.2) is 0 Å². The molecule has 0 aliphatic carbocycles. The average Bonchev–Trinajstić information content (AvgIpc) is 2.64. The van der Waals surface area contributed by atoms with Crippen molar-refractivity contribution in [2.75, 3.05) is 26.9 Å². The lowest BCUT2D eigenvalue weighted by molar-refractivity contribution is 0.146. The van der Waals surface area contributed by atoms with Crippen LogP contribution in [0.15, 0.2) is 23.0 Å². The highest BCUT2D eigenvalue weighted by atomic mass is 16.5. The summed E-state index contributed by atoms with van der Waals surface area (Å²) in [4.78, 5) is 13.2. The Morgan fingerprint density at radius 3 is 2.43 bits per heavy atom. The predicted molar refractivity (Wildman–Crippen MR) is 113 cm³/mol. The molecule has 0 bridgehead atoms. The van der Waals surface area contributed by atoms with E-state index in [1.165, 1.54) is 0 Å². The number of nitrogens with zero attached hydrogens (tertiary/aromatic N) is 1. The number of pyridine rings is 1. The van der Waals surface area contributed by atoms with E-state index in [2.05, 4.69) is 27.7 Å². The fraction of sp³-hybridized carbons (Fsp3) is 0.591. The molecule has 0 radical (unpaired) electrons. The molecular formula is C22H34N2O4. The molecule has 2 aromatic rings. The number of aromatic nitrogens is 1. The number of rotatable bonds is 10. The van der Waals surface area contributed by atoms with Crippen molar-refractivity contribution in [3.8, 4) is 11.5 Å². The number of unbranched alkanes of at least 4 members (excludes halogenated alkanes) is 1. The van der Waals surface area contributed by atoms with Crippen LogP contribution in [0.3, 0.4) is 0 Å². The van der Waals surface area contributed by atoms with Gasteiger partial charge in [0, 0.05) is 25.6 Å². The Hall–Kier alpha value is -2.05. The number of hydrogen-bond acceptors (Lipinski definition) is 5. The van der Waals surface area contributed by atoms with Gasteiger partial charge in [-0.2, -0.15) is 0 Å². The molecule has 0 atom stereocenters. The van der Waals surface area contributed by atoms with Crippen LogP contribution in [0.1, 0.15) is 46.2 Å². The predicted octanol–water partition coefficient (Wildman–Crippen LogP) is 3.71. The van der Waals surface area contributed by atoms with E-state index in [1.807, 2.05) is 18.2 Å². The topological polar surface area (TPSA) is 75.7 Å². The van der Waals surface area contributed by atoms with Gasteiger partial charge >= 0.3 is 0 Å². The lowest BCUT2D eigenvalue weighted by Crippen LogP contribution is -2.31. The second-order valence-electron chi connectivity index (χ2n) is 8.18. The first-order chi connectivity index (χ1) is 13.3. The molecule has 6 heteroatoms. The minimum atomic E-state index is -0.0642. The van der Waals surface area contributed by atoms with Gasteiger partial charge in [-0.3, -0.25) is 4.79 Å². The maximum atomic E-state index is 13.2. The molecule has 0 fully saturated rings. The molecule has 0 unspecified atom stereocenters. The zero-order valence-corrected chi connectivity index (χ0v) is 17.8. The number of benzene rings is 1. The average molecular weight is 391 g/mol. The Labute approximate surface area is 167 Å². The second kappa shape index (κ2) is 9.94. The van der Waals surface area contributed by atoms with Crippen LogP contribution in [0, 0.1) is 5.41 Å². The molecule has 0 amide bonds. The highest BCUT2D eigenvalue weighted by Crippen LogP contribution is 2.32. The third kappa shape index (κ3) is 5.49. The van der Waals surface area contributed by atoms with E-state index in [0.29, 0.717) is 43.3 Å².